The molecule has 2 N–H and O–H groups in total. The first-order chi connectivity index (χ1) is 12.9. The van der Waals surface area contributed by atoms with Crippen molar-refractivity contribution < 1.29 is 12.8 Å². The Hall–Kier alpha value is -2.87. The molecule has 4 rings (SSSR count). The van der Waals surface area contributed by atoms with Gasteiger partial charge in [0, 0.05) is 28.0 Å². The number of nitrogens with zero attached hydrogens (tertiary/aromatic N) is 2. The van der Waals surface area contributed by atoms with E-state index in [0.717, 1.165) is 22.5 Å². The molecule has 0 radical (unpaired) electrons. The van der Waals surface area contributed by atoms with Crippen molar-refractivity contribution in [3.63, 3.8) is 0 Å². The molecule has 0 bridgehead atoms. The normalized spacial score (nSPS) is 11.6. The summed E-state index contributed by atoms with van der Waals surface area (Å²) in [6.07, 6.45) is 5.06. The topological polar surface area (TPSA) is 91.1 Å². The Balaban J connectivity index is 1.86. The summed E-state index contributed by atoms with van der Waals surface area (Å²) in [5, 5.41) is 5.81. The number of primary sulfonamides is 1. The van der Waals surface area contributed by atoms with Crippen LogP contribution < -0.4 is 5.14 Å². The molecule has 0 spiro atoms. The highest BCUT2D eigenvalue weighted by atomic mass is 35.5. The smallest absolute Gasteiger partial charge is 0.238 e. The van der Waals surface area contributed by atoms with E-state index in [2.05, 4.69) is 0 Å². The monoisotopic (exact) mass is 399 g/mol. The lowest BCUT2D eigenvalue weighted by Gasteiger charge is -2.08. The number of hydrogen-bond donors (Lipinski definition) is 1. The van der Waals surface area contributed by atoms with Crippen LogP contribution in [-0.4, -0.2) is 18.0 Å². The lowest BCUT2D eigenvalue weighted by atomic mass is 10.2. The van der Waals surface area contributed by atoms with Crippen molar-refractivity contribution in [3.05, 3.63) is 78.3 Å². The van der Waals surface area contributed by atoms with E-state index in [4.69, 9.17) is 26.1 Å². The zero-order valence-electron chi connectivity index (χ0n) is 13.9. The Labute approximate surface area is 160 Å². The minimum Gasteiger partial charge on any atom is -0.472 e. The summed E-state index contributed by atoms with van der Waals surface area (Å²) >= 11 is 5.99. The fourth-order valence-electron chi connectivity index (χ4n) is 2.73. The van der Waals surface area contributed by atoms with Crippen LogP contribution in [0.1, 0.15) is 0 Å². The first kappa shape index (κ1) is 17.5. The average molecular weight is 400 g/mol. The zero-order chi connectivity index (χ0) is 19.0. The third kappa shape index (κ3) is 3.52. The van der Waals surface area contributed by atoms with Crippen molar-refractivity contribution in [2.45, 2.75) is 4.90 Å². The van der Waals surface area contributed by atoms with E-state index in [1.54, 1.807) is 36.8 Å². The van der Waals surface area contributed by atoms with E-state index in [1.807, 2.05) is 29.0 Å². The third-order valence-electron chi connectivity index (χ3n) is 4.07. The van der Waals surface area contributed by atoms with Gasteiger partial charge in [-0.2, -0.15) is 0 Å². The molecule has 0 aliphatic carbocycles. The van der Waals surface area contributed by atoms with Crippen LogP contribution in [0.25, 0.3) is 28.3 Å². The summed E-state index contributed by atoms with van der Waals surface area (Å²) in [7, 11) is -3.75. The first-order valence-corrected chi connectivity index (χ1v) is 9.85. The fraction of sp³-hybridized carbons (Fsp3) is 0. The van der Waals surface area contributed by atoms with Crippen molar-refractivity contribution in [2.75, 3.05) is 0 Å². The van der Waals surface area contributed by atoms with E-state index in [-0.39, 0.29) is 4.90 Å². The van der Waals surface area contributed by atoms with E-state index >= 15 is 0 Å². The molecule has 6 nitrogen and oxygen atoms in total. The SMILES string of the molecule is NS(=O)(=O)c1ccc(-n2cc(-c3ccoc3)nc2-c2ccc(Cl)cc2)cc1. The van der Waals surface area contributed by atoms with Crippen LogP contribution >= 0.6 is 11.6 Å². The van der Waals surface area contributed by atoms with Gasteiger partial charge in [0.2, 0.25) is 10.0 Å². The Morgan fingerprint density at radius 3 is 2.26 bits per heavy atom. The number of imidazole rings is 1. The molecule has 0 aliphatic heterocycles. The lowest BCUT2D eigenvalue weighted by molar-refractivity contribution is 0.568. The van der Waals surface area contributed by atoms with Gasteiger partial charge in [0.15, 0.2) is 0 Å². The van der Waals surface area contributed by atoms with Crippen LogP contribution in [0.4, 0.5) is 0 Å². The molecule has 0 amide bonds. The van der Waals surface area contributed by atoms with Crippen molar-refractivity contribution >= 4 is 21.6 Å². The predicted octanol–water partition coefficient (Wildman–Crippen LogP) is 4.10. The molecule has 0 saturated heterocycles. The summed E-state index contributed by atoms with van der Waals surface area (Å²) in [6, 6.07) is 15.4. The van der Waals surface area contributed by atoms with Gasteiger partial charge >= 0.3 is 0 Å². The van der Waals surface area contributed by atoms with Crippen molar-refractivity contribution in [1.29, 1.82) is 0 Å². The van der Waals surface area contributed by atoms with Crippen LogP contribution in [0.15, 0.2) is 82.6 Å². The molecule has 8 heteroatoms. The molecule has 2 heterocycles. The van der Waals surface area contributed by atoms with E-state index < -0.39 is 10.0 Å². The molecule has 27 heavy (non-hydrogen) atoms. The average Bonchev–Trinajstić information content (AvgIpc) is 3.31. The van der Waals surface area contributed by atoms with Crippen LogP contribution in [0.3, 0.4) is 0 Å². The maximum absolute atomic E-state index is 11.5. The van der Waals surface area contributed by atoms with Crippen molar-refractivity contribution in [1.82, 2.24) is 9.55 Å². The number of sulfonamides is 1. The minimum absolute atomic E-state index is 0.0504. The zero-order valence-corrected chi connectivity index (χ0v) is 15.5. The van der Waals surface area contributed by atoms with Gasteiger partial charge < -0.3 is 4.42 Å². The quantitative estimate of drug-likeness (QED) is 0.559. The second-order valence-electron chi connectivity index (χ2n) is 5.88. The maximum Gasteiger partial charge on any atom is 0.238 e. The van der Waals surface area contributed by atoms with E-state index in [1.165, 1.54) is 12.1 Å². The fourth-order valence-corrected chi connectivity index (χ4v) is 3.37. The number of hydrogen-bond acceptors (Lipinski definition) is 4. The predicted molar refractivity (Wildman–Crippen MR) is 103 cm³/mol. The molecule has 136 valence electrons. The van der Waals surface area contributed by atoms with Crippen molar-refractivity contribution in [2.24, 2.45) is 5.14 Å². The summed E-state index contributed by atoms with van der Waals surface area (Å²) in [6.45, 7) is 0. The molecule has 0 saturated carbocycles. The molecule has 0 atom stereocenters. The van der Waals surface area contributed by atoms with Gasteiger partial charge in [-0.25, -0.2) is 18.5 Å². The molecular weight excluding hydrogens is 386 g/mol. The van der Waals surface area contributed by atoms with Gasteiger partial charge in [-0.1, -0.05) is 11.6 Å². The van der Waals surface area contributed by atoms with Crippen LogP contribution in [0.2, 0.25) is 5.02 Å². The second kappa shape index (κ2) is 6.70. The maximum atomic E-state index is 11.5. The summed E-state index contributed by atoms with van der Waals surface area (Å²) < 4.78 is 30.0. The summed E-state index contributed by atoms with van der Waals surface area (Å²) in [5.74, 6) is 0.686. The highest BCUT2D eigenvalue weighted by molar-refractivity contribution is 7.89. The van der Waals surface area contributed by atoms with Gasteiger partial charge in [0.25, 0.3) is 0 Å². The van der Waals surface area contributed by atoms with Crippen LogP contribution in [-0.2, 0) is 10.0 Å². The van der Waals surface area contributed by atoms with Gasteiger partial charge in [-0.05, 0) is 54.6 Å². The largest absolute Gasteiger partial charge is 0.472 e. The molecule has 0 aliphatic rings. The van der Waals surface area contributed by atoms with E-state index in [0.29, 0.717) is 10.8 Å². The Bertz CT molecular complexity index is 1180. The molecule has 2 aromatic carbocycles. The van der Waals surface area contributed by atoms with E-state index in [9.17, 15) is 8.42 Å². The highest BCUT2D eigenvalue weighted by Gasteiger charge is 2.15. The Kier molecular flexibility index (Phi) is 4.35. The van der Waals surface area contributed by atoms with Gasteiger partial charge in [-0.3, -0.25) is 4.57 Å². The minimum atomic E-state index is -3.75. The molecule has 0 unspecified atom stereocenters. The summed E-state index contributed by atoms with van der Waals surface area (Å²) in [5.41, 5.74) is 3.17. The molecule has 2 aromatic heterocycles. The van der Waals surface area contributed by atoms with Crippen molar-refractivity contribution in [3.8, 4) is 28.3 Å². The third-order valence-corrected chi connectivity index (χ3v) is 5.25. The van der Waals surface area contributed by atoms with Gasteiger partial charge in [-0.15, -0.1) is 0 Å². The Morgan fingerprint density at radius 1 is 0.963 bits per heavy atom. The number of aromatic nitrogens is 2. The van der Waals surface area contributed by atoms with Gasteiger partial charge in [0.1, 0.15) is 5.82 Å². The van der Waals surface area contributed by atoms with Crippen LogP contribution in [0.5, 0.6) is 0 Å². The molecular formula is C19H14ClN3O3S. The highest BCUT2D eigenvalue weighted by Crippen LogP contribution is 2.29. The van der Waals surface area contributed by atoms with Gasteiger partial charge in [0.05, 0.1) is 23.1 Å². The Morgan fingerprint density at radius 2 is 1.67 bits per heavy atom. The number of nitrogens with two attached hydrogens (primary N) is 1. The standard InChI is InChI=1S/C19H14ClN3O3S/c20-15-3-1-13(2-4-15)19-22-18(14-9-10-26-12-14)11-23(19)16-5-7-17(8-6-16)27(21,24)25/h1-12H,(H2,21,24,25). The molecule has 0 fully saturated rings. The number of rotatable bonds is 4. The lowest BCUT2D eigenvalue weighted by Crippen LogP contribution is -2.12. The first-order valence-electron chi connectivity index (χ1n) is 7.93. The number of benzene rings is 2. The summed E-state index contributed by atoms with van der Waals surface area (Å²) in [4.78, 5) is 4.77. The molecule has 4 aromatic rings. The number of halogens is 1. The number of furan rings is 1. The second-order valence-corrected chi connectivity index (χ2v) is 7.88. The van der Waals surface area contributed by atoms with Crippen LogP contribution in [0, 0.1) is 0 Å².